The summed E-state index contributed by atoms with van der Waals surface area (Å²) in [7, 11) is 1.72. The average molecular weight is 440 g/mol. The summed E-state index contributed by atoms with van der Waals surface area (Å²) in [5.41, 5.74) is 6.15. The van der Waals surface area contributed by atoms with E-state index in [2.05, 4.69) is 51.9 Å². The maximum Gasteiger partial charge on any atom is 0.249 e. The van der Waals surface area contributed by atoms with Crippen LogP contribution in [0.2, 0.25) is 0 Å². The molecule has 2 aliphatic heterocycles. The summed E-state index contributed by atoms with van der Waals surface area (Å²) in [6.07, 6.45) is 14.0. The smallest absolute Gasteiger partial charge is 0.249 e. The number of carbonyl (C=O) groups excluding carboxylic acids is 1. The average Bonchev–Trinajstić information content (AvgIpc) is 2.84. The number of allylic oxidation sites excluding steroid dienone is 4. The van der Waals surface area contributed by atoms with Gasteiger partial charge in [0.2, 0.25) is 5.91 Å². The number of nitrogens with zero attached hydrogens (tertiary/aromatic N) is 3. The Morgan fingerprint density at radius 2 is 1.94 bits per heavy atom. The zero-order chi connectivity index (χ0) is 23.6. The molecule has 0 unspecified atom stereocenters. The second-order valence-corrected chi connectivity index (χ2v) is 8.55. The number of fused-ring (bicyclic) bond motifs is 1. The van der Waals surface area contributed by atoms with Crippen molar-refractivity contribution in [3.05, 3.63) is 69.8 Å². The molecule has 3 rings (SSSR count). The van der Waals surface area contributed by atoms with Crippen molar-refractivity contribution in [1.82, 2.24) is 9.80 Å². The van der Waals surface area contributed by atoms with Crippen LogP contribution in [0.5, 0.6) is 0 Å². The van der Waals surface area contributed by atoms with E-state index < -0.39 is 0 Å². The molecular weight excluding hydrogens is 406 g/mol. The van der Waals surface area contributed by atoms with Crippen molar-refractivity contribution in [2.75, 3.05) is 33.2 Å². The number of terminal acetylenes is 1. The normalized spacial score (nSPS) is 17.6. The van der Waals surface area contributed by atoms with Crippen molar-refractivity contribution in [1.29, 1.82) is 0 Å². The molecule has 33 heavy (non-hydrogen) atoms. The second kappa shape index (κ2) is 12.0. The Morgan fingerprint density at radius 3 is 2.70 bits per heavy atom. The van der Waals surface area contributed by atoms with Gasteiger partial charge in [-0.05, 0) is 62.0 Å². The van der Waals surface area contributed by atoms with E-state index >= 15 is 0 Å². The first-order chi connectivity index (χ1) is 16.0. The number of benzene rings is 1. The van der Waals surface area contributed by atoms with Gasteiger partial charge in [-0.25, -0.2) is 0 Å². The van der Waals surface area contributed by atoms with Crippen LogP contribution in [0.3, 0.4) is 0 Å². The molecule has 0 saturated heterocycles. The van der Waals surface area contributed by atoms with E-state index in [0.29, 0.717) is 5.57 Å². The quantitative estimate of drug-likeness (QED) is 0.492. The second-order valence-electron chi connectivity index (χ2n) is 8.55. The highest BCUT2D eigenvalue weighted by molar-refractivity contribution is 5.95. The van der Waals surface area contributed by atoms with Crippen LogP contribution in [0.15, 0.2) is 63.7 Å². The summed E-state index contributed by atoms with van der Waals surface area (Å²) in [6, 6.07) is 8.70. The Bertz CT molecular complexity index is 1100. The predicted octanol–water partition coefficient (Wildman–Crippen LogP) is 4.19. The fourth-order valence-electron chi connectivity index (χ4n) is 4.22. The molecule has 0 bridgehead atoms. The Hall–Kier alpha value is -3.34. The summed E-state index contributed by atoms with van der Waals surface area (Å²) in [5.74, 6) is 8.83. The summed E-state index contributed by atoms with van der Waals surface area (Å²) in [6.45, 7) is 8.44. The molecule has 1 amide bonds. The van der Waals surface area contributed by atoms with Gasteiger partial charge in [0, 0.05) is 57.1 Å². The van der Waals surface area contributed by atoms with Gasteiger partial charge < -0.3 is 4.90 Å². The third kappa shape index (κ3) is 6.82. The van der Waals surface area contributed by atoms with Gasteiger partial charge in [-0.3, -0.25) is 14.7 Å². The van der Waals surface area contributed by atoms with Gasteiger partial charge in [0.25, 0.3) is 0 Å². The molecule has 4 nitrogen and oxygen atoms in total. The Labute approximate surface area is 198 Å². The number of aliphatic imine (C=N–C) groups is 1. The first-order valence-corrected chi connectivity index (χ1v) is 11.6. The van der Waals surface area contributed by atoms with Crippen molar-refractivity contribution in [2.24, 2.45) is 4.99 Å². The van der Waals surface area contributed by atoms with Crippen LogP contribution < -0.4 is 0 Å². The number of hydrogen-bond acceptors (Lipinski definition) is 3. The monoisotopic (exact) mass is 439 g/mol. The zero-order valence-corrected chi connectivity index (χ0v) is 20.0. The van der Waals surface area contributed by atoms with Crippen molar-refractivity contribution < 1.29 is 4.79 Å². The van der Waals surface area contributed by atoms with Crippen LogP contribution in [0.4, 0.5) is 0 Å². The highest BCUT2D eigenvalue weighted by Gasteiger charge is 2.23. The van der Waals surface area contributed by atoms with Gasteiger partial charge in [-0.15, -0.1) is 6.42 Å². The molecule has 0 atom stereocenters. The molecule has 2 heterocycles. The summed E-state index contributed by atoms with van der Waals surface area (Å²) >= 11 is 0. The molecule has 0 fully saturated rings. The largest absolute Gasteiger partial charge is 0.339 e. The number of hydrogen-bond donors (Lipinski definition) is 0. The van der Waals surface area contributed by atoms with Crippen LogP contribution in [0, 0.1) is 24.2 Å². The van der Waals surface area contributed by atoms with Crippen molar-refractivity contribution in [3.8, 4) is 24.2 Å². The Kier molecular flexibility index (Phi) is 8.87. The fraction of sp³-hybridized carbons (Fsp3) is 0.379. The highest BCUT2D eigenvalue weighted by atomic mass is 16.2. The van der Waals surface area contributed by atoms with Gasteiger partial charge in [0.05, 0.1) is 5.57 Å². The minimum absolute atomic E-state index is 0.107. The van der Waals surface area contributed by atoms with Gasteiger partial charge in [-0.2, -0.15) is 0 Å². The maximum absolute atomic E-state index is 12.9. The summed E-state index contributed by atoms with van der Waals surface area (Å²) in [5, 5.41) is 0. The molecule has 0 saturated carbocycles. The molecule has 170 valence electrons. The summed E-state index contributed by atoms with van der Waals surface area (Å²) in [4.78, 5) is 21.3. The lowest BCUT2D eigenvalue weighted by Gasteiger charge is -2.31. The van der Waals surface area contributed by atoms with Gasteiger partial charge in [-0.1, -0.05) is 42.0 Å². The standard InChI is InChI=1S/C29H33N3O/c1-5-25(12-11-23(2)13-16-30-4)21-27-15-20-32(29(33)24(27)3)18-8-17-31-19-14-26-9-6-7-10-28(26)22-31/h1,6-7,9-10,13,16,21H,8,14-15,17-20,22H2,2-4H3/b23-13+,25-21+,30-16-. The fourth-order valence-corrected chi connectivity index (χ4v) is 4.22. The van der Waals surface area contributed by atoms with Crippen LogP contribution >= 0.6 is 0 Å². The molecule has 1 aromatic rings. The number of carbonyl (C=O) groups is 1. The van der Waals surface area contributed by atoms with Crippen molar-refractivity contribution in [3.63, 3.8) is 0 Å². The molecule has 4 heteroatoms. The Balaban J connectivity index is 1.56. The maximum atomic E-state index is 12.9. The first-order valence-electron chi connectivity index (χ1n) is 11.6. The molecule has 0 aliphatic carbocycles. The molecule has 0 spiro atoms. The van der Waals surface area contributed by atoms with Gasteiger partial charge >= 0.3 is 0 Å². The minimum Gasteiger partial charge on any atom is -0.339 e. The van der Waals surface area contributed by atoms with Crippen LogP contribution in [-0.4, -0.2) is 55.1 Å². The molecule has 0 N–H and O–H groups in total. The minimum atomic E-state index is 0.107. The van der Waals surface area contributed by atoms with E-state index in [1.807, 2.05) is 30.9 Å². The van der Waals surface area contributed by atoms with Crippen molar-refractivity contribution >= 4 is 12.1 Å². The van der Waals surface area contributed by atoms with E-state index in [-0.39, 0.29) is 5.91 Å². The Morgan fingerprint density at radius 1 is 1.15 bits per heavy atom. The third-order valence-electron chi connectivity index (χ3n) is 6.19. The molecule has 0 aromatic heterocycles. The molecular formula is C29H33N3O. The SMILES string of the molecule is C#C/C(C#C/C(C)=C/C=N\C)=C\C1=C(C)C(=O)N(CCCN2CCc3ccccc3C2)CC1. The van der Waals surface area contributed by atoms with Crippen LogP contribution in [-0.2, 0) is 17.8 Å². The first kappa shape index (κ1) is 24.3. The van der Waals surface area contributed by atoms with Crippen LogP contribution in [0.25, 0.3) is 0 Å². The number of amides is 1. The van der Waals surface area contributed by atoms with E-state index in [1.54, 1.807) is 13.3 Å². The lowest BCUT2D eigenvalue weighted by molar-refractivity contribution is -0.127. The highest BCUT2D eigenvalue weighted by Crippen LogP contribution is 2.22. The predicted molar refractivity (Wildman–Crippen MR) is 137 cm³/mol. The lowest BCUT2D eigenvalue weighted by Crippen LogP contribution is -2.39. The lowest BCUT2D eigenvalue weighted by atomic mass is 9.97. The van der Waals surface area contributed by atoms with E-state index in [4.69, 9.17) is 6.42 Å². The third-order valence-corrected chi connectivity index (χ3v) is 6.19. The molecule has 2 aliphatic rings. The van der Waals surface area contributed by atoms with E-state index in [9.17, 15) is 4.79 Å². The topological polar surface area (TPSA) is 35.9 Å². The van der Waals surface area contributed by atoms with E-state index in [1.165, 1.54) is 11.1 Å². The van der Waals surface area contributed by atoms with Gasteiger partial charge in [0.15, 0.2) is 0 Å². The number of rotatable bonds is 6. The molecule has 0 radical (unpaired) electrons. The summed E-state index contributed by atoms with van der Waals surface area (Å²) < 4.78 is 0. The van der Waals surface area contributed by atoms with Gasteiger partial charge in [0.1, 0.15) is 0 Å². The zero-order valence-electron chi connectivity index (χ0n) is 20.0. The molecule has 1 aromatic carbocycles. The van der Waals surface area contributed by atoms with Crippen molar-refractivity contribution in [2.45, 2.75) is 39.7 Å². The van der Waals surface area contributed by atoms with Crippen LogP contribution in [0.1, 0.15) is 37.8 Å². The van der Waals surface area contributed by atoms with E-state index in [0.717, 1.165) is 68.7 Å².